The molecule has 5 heteroatoms. The van der Waals surface area contributed by atoms with Crippen molar-refractivity contribution in [1.29, 1.82) is 0 Å². The fourth-order valence-electron chi connectivity index (χ4n) is 2.19. The minimum absolute atomic E-state index is 0.399. The molecule has 0 aliphatic carbocycles. The van der Waals surface area contributed by atoms with Gasteiger partial charge in [-0.1, -0.05) is 25.6 Å². The summed E-state index contributed by atoms with van der Waals surface area (Å²) in [6.07, 6.45) is 4.18. The first-order chi connectivity index (χ1) is 9.71. The van der Waals surface area contributed by atoms with Gasteiger partial charge >= 0.3 is 0 Å². The average Bonchev–Trinajstić information content (AvgIpc) is 2.53. The quantitative estimate of drug-likeness (QED) is 0.906. The highest BCUT2D eigenvalue weighted by atomic mass is 32.2. The van der Waals surface area contributed by atoms with Gasteiger partial charge in [-0.25, -0.2) is 4.98 Å². The highest BCUT2D eigenvalue weighted by Crippen LogP contribution is 2.34. The lowest BCUT2D eigenvalue weighted by molar-refractivity contribution is 0.318. The van der Waals surface area contributed by atoms with E-state index in [9.17, 15) is 0 Å². The molecule has 0 spiro atoms. The largest absolute Gasteiger partial charge is 0.481 e. The number of amidine groups is 1. The number of nitrogens with one attached hydrogen (secondary N) is 1. The summed E-state index contributed by atoms with van der Waals surface area (Å²) < 4.78 is 5.13. The zero-order valence-electron chi connectivity index (χ0n) is 12.5. The lowest BCUT2D eigenvalue weighted by Gasteiger charge is -2.33. The number of aliphatic imine (C=N–C) groups is 1. The minimum atomic E-state index is 0.399. The number of nitrogens with zero attached hydrogens (tertiary/aromatic N) is 2. The van der Waals surface area contributed by atoms with Gasteiger partial charge in [0.05, 0.1) is 7.11 Å². The third-order valence-corrected chi connectivity index (χ3v) is 5.33. The summed E-state index contributed by atoms with van der Waals surface area (Å²) in [4.78, 5) is 8.81. The van der Waals surface area contributed by atoms with Gasteiger partial charge in [-0.2, -0.15) is 0 Å². The minimum Gasteiger partial charge on any atom is -0.481 e. The maximum Gasteiger partial charge on any atom is 0.213 e. The molecule has 0 saturated carbocycles. The van der Waals surface area contributed by atoms with Gasteiger partial charge in [0, 0.05) is 31.1 Å². The molecular formula is C15H23N3OS. The van der Waals surface area contributed by atoms with Gasteiger partial charge in [0.2, 0.25) is 5.88 Å². The average molecular weight is 293 g/mol. The monoisotopic (exact) mass is 293 g/mol. The predicted octanol–water partition coefficient (Wildman–Crippen LogP) is 3.09. The number of pyridine rings is 1. The maximum absolute atomic E-state index is 5.13. The highest BCUT2D eigenvalue weighted by Gasteiger charge is 2.29. The number of hydrogen-bond donors (Lipinski definition) is 1. The van der Waals surface area contributed by atoms with Crippen LogP contribution in [0.25, 0.3) is 0 Å². The van der Waals surface area contributed by atoms with Gasteiger partial charge in [-0.15, -0.1) is 0 Å². The fourth-order valence-corrected chi connectivity index (χ4v) is 3.46. The summed E-state index contributed by atoms with van der Waals surface area (Å²) in [6.45, 7) is 6.23. The van der Waals surface area contributed by atoms with E-state index in [2.05, 4.69) is 24.1 Å². The summed E-state index contributed by atoms with van der Waals surface area (Å²) in [6, 6.07) is 3.94. The molecule has 0 radical (unpaired) electrons. The van der Waals surface area contributed by atoms with Crippen LogP contribution in [0.3, 0.4) is 0 Å². The van der Waals surface area contributed by atoms with Crippen LogP contribution in [0.15, 0.2) is 23.3 Å². The van der Waals surface area contributed by atoms with Crippen molar-refractivity contribution in [1.82, 2.24) is 10.3 Å². The molecule has 0 bridgehead atoms. The molecule has 1 aliphatic heterocycles. The van der Waals surface area contributed by atoms with E-state index in [4.69, 9.17) is 9.73 Å². The number of aromatic nitrogens is 1. The van der Waals surface area contributed by atoms with Crippen LogP contribution < -0.4 is 10.1 Å². The van der Waals surface area contributed by atoms with Gasteiger partial charge in [0.1, 0.15) is 0 Å². The second kappa shape index (κ2) is 6.97. The Morgan fingerprint density at radius 3 is 2.80 bits per heavy atom. The van der Waals surface area contributed by atoms with Crippen molar-refractivity contribution in [3.8, 4) is 5.88 Å². The molecule has 0 amide bonds. The summed E-state index contributed by atoms with van der Waals surface area (Å²) in [5.41, 5.74) is 1.55. The molecule has 110 valence electrons. The zero-order valence-corrected chi connectivity index (χ0v) is 13.3. The molecule has 2 rings (SSSR count). The van der Waals surface area contributed by atoms with Crippen LogP contribution in [0.4, 0.5) is 0 Å². The van der Waals surface area contributed by atoms with Crippen LogP contribution in [-0.4, -0.2) is 29.6 Å². The van der Waals surface area contributed by atoms with Gasteiger partial charge in [0.25, 0.3) is 0 Å². The van der Waals surface area contributed by atoms with E-state index in [1.54, 1.807) is 13.3 Å². The zero-order chi connectivity index (χ0) is 14.4. The predicted molar refractivity (Wildman–Crippen MR) is 85.4 cm³/mol. The van der Waals surface area contributed by atoms with Gasteiger partial charge in [0.15, 0.2) is 5.17 Å². The third-order valence-electron chi connectivity index (χ3n) is 4.03. The highest BCUT2D eigenvalue weighted by molar-refractivity contribution is 8.13. The third kappa shape index (κ3) is 3.66. The van der Waals surface area contributed by atoms with Crippen molar-refractivity contribution < 1.29 is 4.74 Å². The first-order valence-corrected chi connectivity index (χ1v) is 8.10. The Hall–Kier alpha value is -1.23. The molecule has 20 heavy (non-hydrogen) atoms. The van der Waals surface area contributed by atoms with Crippen LogP contribution >= 0.6 is 11.8 Å². The molecule has 0 saturated heterocycles. The van der Waals surface area contributed by atoms with Crippen LogP contribution in [0.2, 0.25) is 0 Å². The van der Waals surface area contributed by atoms with Crippen LogP contribution in [-0.2, 0) is 6.54 Å². The van der Waals surface area contributed by atoms with Crippen molar-refractivity contribution in [2.45, 2.75) is 33.2 Å². The molecule has 1 aromatic heterocycles. The van der Waals surface area contributed by atoms with Gasteiger partial charge < -0.3 is 10.1 Å². The van der Waals surface area contributed by atoms with E-state index in [1.165, 1.54) is 12.8 Å². The lowest BCUT2D eigenvalue weighted by atomic mass is 9.84. The molecule has 0 fully saturated rings. The van der Waals surface area contributed by atoms with E-state index >= 15 is 0 Å². The summed E-state index contributed by atoms with van der Waals surface area (Å²) in [7, 11) is 1.63. The normalized spacial score (nSPS) is 17.4. The van der Waals surface area contributed by atoms with Crippen molar-refractivity contribution in [3.63, 3.8) is 0 Å². The smallest absolute Gasteiger partial charge is 0.213 e. The summed E-state index contributed by atoms with van der Waals surface area (Å²) in [5, 5.41) is 4.46. The second-order valence-electron chi connectivity index (χ2n) is 5.18. The van der Waals surface area contributed by atoms with Crippen molar-refractivity contribution in [2.75, 3.05) is 19.4 Å². The molecule has 2 heterocycles. The van der Waals surface area contributed by atoms with Crippen LogP contribution in [0, 0.1) is 5.41 Å². The SMILES string of the molecule is CCC1(CC)CN=C(NCc2ccnc(OC)c2)SC1. The lowest BCUT2D eigenvalue weighted by Crippen LogP contribution is -2.34. The first kappa shape index (κ1) is 15.2. The van der Waals surface area contributed by atoms with E-state index in [0.717, 1.165) is 29.6 Å². The Balaban J connectivity index is 1.90. The summed E-state index contributed by atoms with van der Waals surface area (Å²) >= 11 is 1.84. The van der Waals surface area contributed by atoms with E-state index < -0.39 is 0 Å². The molecule has 1 aliphatic rings. The van der Waals surface area contributed by atoms with Gasteiger partial charge in [-0.05, 0) is 29.9 Å². The van der Waals surface area contributed by atoms with Crippen LogP contribution in [0.1, 0.15) is 32.3 Å². The number of ether oxygens (including phenoxy) is 1. The number of hydrogen-bond acceptors (Lipinski definition) is 5. The fraction of sp³-hybridized carbons (Fsp3) is 0.600. The molecule has 1 N–H and O–H groups in total. The summed E-state index contributed by atoms with van der Waals surface area (Å²) in [5.74, 6) is 1.81. The Labute approximate surface area is 125 Å². The number of methoxy groups -OCH3 is 1. The molecule has 1 aromatic rings. The van der Waals surface area contributed by atoms with Gasteiger partial charge in [-0.3, -0.25) is 4.99 Å². The van der Waals surface area contributed by atoms with Crippen molar-refractivity contribution in [3.05, 3.63) is 23.9 Å². The van der Waals surface area contributed by atoms with Crippen molar-refractivity contribution >= 4 is 16.9 Å². The number of thioether (sulfide) groups is 1. The maximum atomic E-state index is 5.13. The second-order valence-corrected chi connectivity index (χ2v) is 6.14. The number of rotatable bonds is 5. The molecular weight excluding hydrogens is 270 g/mol. The Morgan fingerprint density at radius 1 is 1.40 bits per heavy atom. The van der Waals surface area contributed by atoms with E-state index in [-0.39, 0.29) is 0 Å². The van der Waals surface area contributed by atoms with E-state index in [0.29, 0.717) is 11.3 Å². The molecule has 4 nitrogen and oxygen atoms in total. The van der Waals surface area contributed by atoms with Crippen LogP contribution in [0.5, 0.6) is 5.88 Å². The topological polar surface area (TPSA) is 46.5 Å². The molecule has 0 aromatic carbocycles. The molecule has 0 unspecified atom stereocenters. The van der Waals surface area contributed by atoms with Crippen molar-refractivity contribution in [2.24, 2.45) is 10.4 Å². The Bertz CT molecular complexity index is 472. The Morgan fingerprint density at radius 2 is 2.20 bits per heavy atom. The first-order valence-electron chi connectivity index (χ1n) is 7.11. The molecule has 0 atom stereocenters. The Kier molecular flexibility index (Phi) is 5.29. The standard InChI is InChI=1S/C15H23N3OS/c1-4-15(5-2)10-18-14(20-11-15)17-9-12-6-7-16-13(8-12)19-3/h6-8H,4-5,9-11H2,1-3H3,(H,17,18). The van der Waals surface area contributed by atoms with E-state index in [1.807, 2.05) is 23.9 Å².